The number of fused-ring (bicyclic) bond motifs is 1. The molecule has 1 aromatic carbocycles. The van der Waals surface area contributed by atoms with E-state index in [-0.39, 0.29) is 17.4 Å². The van der Waals surface area contributed by atoms with Crippen LogP contribution in [0.5, 0.6) is 0 Å². The number of benzene rings is 1. The van der Waals surface area contributed by atoms with Gasteiger partial charge < -0.3 is 5.32 Å². The lowest BCUT2D eigenvalue weighted by Gasteiger charge is -2.21. The molecule has 4 rings (SSSR count). The summed E-state index contributed by atoms with van der Waals surface area (Å²) >= 11 is 6.10. The number of carbonyl (C=O) groups excluding carboxylic acids is 1. The molecule has 2 aliphatic rings. The fourth-order valence-corrected chi connectivity index (χ4v) is 5.68. The van der Waals surface area contributed by atoms with Crippen molar-refractivity contribution in [3.05, 3.63) is 40.5 Å². The number of sulfone groups is 1. The zero-order chi connectivity index (χ0) is 19.0. The highest BCUT2D eigenvalue weighted by molar-refractivity contribution is 7.90. The number of nitrogens with zero attached hydrogens (tertiary/aromatic N) is 2. The fraction of sp³-hybridized carbons (Fsp3) is 0.474. The largest absolute Gasteiger partial charge is 0.310 e. The molecule has 1 aliphatic heterocycles. The normalized spacial score (nSPS) is 19.0. The van der Waals surface area contributed by atoms with Gasteiger partial charge in [-0.25, -0.2) is 13.1 Å². The second kappa shape index (κ2) is 7.28. The third-order valence-corrected chi connectivity index (χ3v) is 6.97. The minimum Gasteiger partial charge on any atom is -0.310 e. The number of amides is 1. The Morgan fingerprint density at radius 2 is 2.00 bits per heavy atom. The predicted molar refractivity (Wildman–Crippen MR) is 105 cm³/mol. The molecule has 0 atom stereocenters. The number of hydrogen-bond acceptors (Lipinski definition) is 4. The van der Waals surface area contributed by atoms with Crippen LogP contribution >= 0.6 is 11.6 Å². The third kappa shape index (κ3) is 4.04. The Morgan fingerprint density at radius 3 is 2.74 bits per heavy atom. The van der Waals surface area contributed by atoms with Gasteiger partial charge in [0.2, 0.25) is 5.91 Å². The molecule has 0 spiro atoms. The van der Waals surface area contributed by atoms with Crippen LogP contribution in [0, 0.1) is 5.92 Å². The Hall–Kier alpha value is -1.86. The van der Waals surface area contributed by atoms with Gasteiger partial charge in [-0.15, -0.1) is 0 Å². The highest BCUT2D eigenvalue weighted by Gasteiger charge is 2.33. The molecular weight excluding hydrogens is 386 g/mol. The summed E-state index contributed by atoms with van der Waals surface area (Å²) in [6.07, 6.45) is 6.20. The SMILES string of the molecule is O=C(CC1CCCCC1)Nc1c2c(nn1-c1cccc(Cl)c1)CS(=O)(=O)C2. The molecule has 8 heteroatoms. The van der Waals surface area contributed by atoms with Crippen molar-refractivity contribution in [1.82, 2.24) is 9.78 Å². The lowest BCUT2D eigenvalue weighted by molar-refractivity contribution is -0.117. The molecule has 1 N–H and O–H groups in total. The Balaban J connectivity index is 1.64. The van der Waals surface area contributed by atoms with Crippen LogP contribution < -0.4 is 5.32 Å². The van der Waals surface area contributed by atoms with Crippen LogP contribution in [-0.4, -0.2) is 24.1 Å². The number of hydrogen-bond donors (Lipinski definition) is 1. The van der Waals surface area contributed by atoms with Crippen LogP contribution in [0.25, 0.3) is 5.69 Å². The van der Waals surface area contributed by atoms with Crippen LogP contribution in [-0.2, 0) is 26.1 Å². The Morgan fingerprint density at radius 1 is 1.22 bits per heavy atom. The van der Waals surface area contributed by atoms with Gasteiger partial charge in [0, 0.05) is 17.0 Å². The second-order valence-electron chi connectivity index (χ2n) is 7.45. The smallest absolute Gasteiger partial charge is 0.225 e. The van der Waals surface area contributed by atoms with Crippen molar-refractivity contribution in [2.45, 2.75) is 50.0 Å². The zero-order valence-corrected chi connectivity index (χ0v) is 16.5. The van der Waals surface area contributed by atoms with Gasteiger partial charge in [0.25, 0.3) is 0 Å². The van der Waals surface area contributed by atoms with Crippen molar-refractivity contribution >= 4 is 33.2 Å². The molecular formula is C19H22ClN3O3S. The topological polar surface area (TPSA) is 81.1 Å². The van der Waals surface area contributed by atoms with Crippen LogP contribution in [0.1, 0.15) is 49.8 Å². The molecule has 0 radical (unpaired) electrons. The van der Waals surface area contributed by atoms with E-state index in [0.717, 1.165) is 12.8 Å². The van der Waals surface area contributed by atoms with Gasteiger partial charge in [-0.2, -0.15) is 5.10 Å². The minimum atomic E-state index is -3.21. The first kappa shape index (κ1) is 18.5. The summed E-state index contributed by atoms with van der Waals surface area (Å²) in [6.45, 7) is 0. The average molecular weight is 408 g/mol. The highest BCUT2D eigenvalue weighted by atomic mass is 35.5. The first-order valence-corrected chi connectivity index (χ1v) is 11.5. The number of anilines is 1. The van der Waals surface area contributed by atoms with E-state index in [1.54, 1.807) is 22.9 Å². The lowest BCUT2D eigenvalue weighted by Crippen LogP contribution is -2.21. The summed E-state index contributed by atoms with van der Waals surface area (Å²) in [5.74, 6) is 0.577. The van der Waals surface area contributed by atoms with Crippen molar-refractivity contribution in [3.8, 4) is 5.69 Å². The summed E-state index contributed by atoms with van der Waals surface area (Å²) in [6, 6.07) is 7.14. The van der Waals surface area contributed by atoms with Gasteiger partial charge in [0.1, 0.15) is 5.82 Å². The molecule has 0 bridgehead atoms. The van der Waals surface area contributed by atoms with Crippen molar-refractivity contribution < 1.29 is 13.2 Å². The third-order valence-electron chi connectivity index (χ3n) is 5.30. The Bertz CT molecular complexity index is 978. The molecule has 1 fully saturated rings. The molecule has 1 saturated carbocycles. The summed E-state index contributed by atoms with van der Waals surface area (Å²) in [4.78, 5) is 12.7. The second-order valence-corrected chi connectivity index (χ2v) is 9.96. The van der Waals surface area contributed by atoms with Gasteiger partial charge in [0.15, 0.2) is 9.84 Å². The fourth-order valence-electron chi connectivity index (χ4n) is 4.00. The molecule has 2 aromatic rings. The van der Waals surface area contributed by atoms with Crippen LogP contribution in [0.3, 0.4) is 0 Å². The van der Waals surface area contributed by atoms with Crippen LogP contribution in [0.15, 0.2) is 24.3 Å². The van der Waals surface area contributed by atoms with E-state index in [4.69, 9.17) is 11.6 Å². The van der Waals surface area contributed by atoms with Gasteiger partial charge >= 0.3 is 0 Å². The predicted octanol–water partition coefficient (Wildman–Crippen LogP) is 3.86. The standard InChI is InChI=1S/C19H22ClN3O3S/c20-14-7-4-8-15(10-14)23-19(16-11-27(25,26)12-17(16)22-23)21-18(24)9-13-5-2-1-3-6-13/h4,7-8,10,13H,1-3,5-6,9,11-12H2,(H,21,24). The minimum absolute atomic E-state index is 0.0859. The van der Waals surface area contributed by atoms with Crippen molar-refractivity contribution in [2.24, 2.45) is 5.92 Å². The first-order chi connectivity index (χ1) is 12.9. The van der Waals surface area contributed by atoms with Gasteiger partial charge in [-0.1, -0.05) is 36.9 Å². The molecule has 0 saturated heterocycles. The maximum absolute atomic E-state index is 12.7. The van der Waals surface area contributed by atoms with Gasteiger partial charge in [-0.3, -0.25) is 4.79 Å². The summed E-state index contributed by atoms with van der Waals surface area (Å²) in [7, 11) is -3.21. The number of halogens is 1. The number of rotatable bonds is 4. The van der Waals surface area contributed by atoms with E-state index < -0.39 is 9.84 Å². The van der Waals surface area contributed by atoms with E-state index in [1.165, 1.54) is 19.3 Å². The van der Waals surface area contributed by atoms with E-state index in [1.807, 2.05) is 6.07 Å². The summed E-state index contributed by atoms with van der Waals surface area (Å²) < 4.78 is 25.6. The zero-order valence-electron chi connectivity index (χ0n) is 14.9. The maximum atomic E-state index is 12.7. The van der Waals surface area contributed by atoms with E-state index in [9.17, 15) is 13.2 Å². The van der Waals surface area contributed by atoms with Crippen LogP contribution in [0.2, 0.25) is 5.02 Å². The molecule has 27 heavy (non-hydrogen) atoms. The number of carbonyl (C=O) groups is 1. The van der Waals surface area contributed by atoms with E-state index in [2.05, 4.69) is 10.4 Å². The maximum Gasteiger partial charge on any atom is 0.225 e. The van der Waals surface area contributed by atoms with Gasteiger partial charge in [-0.05, 0) is 37.0 Å². The molecule has 1 aliphatic carbocycles. The molecule has 1 amide bonds. The van der Waals surface area contributed by atoms with Crippen LogP contribution in [0.4, 0.5) is 5.82 Å². The van der Waals surface area contributed by atoms with E-state index >= 15 is 0 Å². The van der Waals surface area contributed by atoms with Gasteiger partial charge in [0.05, 0.1) is 22.9 Å². The first-order valence-electron chi connectivity index (χ1n) is 9.28. The van der Waals surface area contributed by atoms with E-state index in [0.29, 0.717) is 40.1 Å². The summed E-state index contributed by atoms with van der Waals surface area (Å²) in [5, 5.41) is 7.96. The molecule has 1 aromatic heterocycles. The number of nitrogens with one attached hydrogen (secondary N) is 1. The molecule has 6 nitrogen and oxygen atoms in total. The average Bonchev–Trinajstić information content (AvgIpc) is 3.08. The van der Waals surface area contributed by atoms with Crippen molar-refractivity contribution in [2.75, 3.05) is 5.32 Å². The number of aromatic nitrogens is 2. The molecule has 0 unspecified atom stereocenters. The molecule has 2 heterocycles. The quantitative estimate of drug-likeness (QED) is 0.834. The Labute approximate surface area is 163 Å². The van der Waals surface area contributed by atoms with Crippen molar-refractivity contribution in [1.29, 1.82) is 0 Å². The van der Waals surface area contributed by atoms with Crippen molar-refractivity contribution in [3.63, 3.8) is 0 Å². The highest BCUT2D eigenvalue weighted by Crippen LogP contribution is 2.34. The monoisotopic (exact) mass is 407 g/mol. The molecule has 144 valence electrons. The summed E-state index contributed by atoms with van der Waals surface area (Å²) in [5.41, 5.74) is 1.79. The lowest BCUT2D eigenvalue weighted by atomic mass is 9.87. The Kier molecular flexibility index (Phi) is 4.99.